The third-order valence-electron chi connectivity index (χ3n) is 4.09. The molecule has 0 spiro atoms. The molecule has 0 bridgehead atoms. The normalized spacial score (nSPS) is 16.7. The van der Waals surface area contributed by atoms with Gasteiger partial charge in [-0.15, -0.1) is 0 Å². The standard InChI is InChI=1S/C15H17N3O3/c1-17-5-3-9-8-18(6-4-12(19)21-2)14-13(9)11(17)7-10(16)15(14)20/h7-8,16H,3-6H2,1-2H3/p+1. The van der Waals surface area contributed by atoms with Crippen LogP contribution in [0.3, 0.4) is 0 Å². The van der Waals surface area contributed by atoms with Crippen LogP contribution in [0.4, 0.5) is 0 Å². The molecule has 0 amide bonds. The molecule has 1 aromatic rings. The third kappa shape index (κ3) is 2.07. The van der Waals surface area contributed by atoms with Crippen molar-refractivity contribution in [2.45, 2.75) is 19.4 Å². The number of esters is 1. The summed E-state index contributed by atoms with van der Waals surface area (Å²) in [5, 5.41) is 0. The van der Waals surface area contributed by atoms with Crippen molar-refractivity contribution in [2.75, 3.05) is 20.7 Å². The van der Waals surface area contributed by atoms with Crippen LogP contribution in [0.15, 0.2) is 18.0 Å². The number of nitrogens with zero attached hydrogens (tertiary/aromatic N) is 2. The number of aromatic nitrogens is 1. The summed E-state index contributed by atoms with van der Waals surface area (Å²) < 4.78 is 8.60. The average molecular weight is 288 g/mol. The summed E-state index contributed by atoms with van der Waals surface area (Å²) in [7, 11) is 3.35. The summed E-state index contributed by atoms with van der Waals surface area (Å²) >= 11 is 0. The maximum Gasteiger partial charge on any atom is 0.307 e. The molecule has 21 heavy (non-hydrogen) atoms. The lowest BCUT2D eigenvalue weighted by Crippen LogP contribution is -2.32. The highest BCUT2D eigenvalue weighted by Crippen LogP contribution is 2.28. The zero-order chi connectivity index (χ0) is 15.1. The quantitative estimate of drug-likeness (QED) is 0.631. The second-order valence-electron chi connectivity index (χ2n) is 5.38. The first-order valence-corrected chi connectivity index (χ1v) is 6.92. The van der Waals surface area contributed by atoms with Crippen LogP contribution in [0.25, 0.3) is 0 Å². The fourth-order valence-electron chi connectivity index (χ4n) is 2.95. The van der Waals surface area contributed by atoms with Crippen molar-refractivity contribution in [1.29, 1.82) is 0 Å². The largest absolute Gasteiger partial charge is 0.469 e. The number of methoxy groups -OCH3 is 1. The average Bonchev–Trinajstić information content (AvgIpc) is 2.85. The SMILES string of the molecule is COC(=O)CCn1cc2c3c1C(=O)C(N)=CC3=[N+](C)CC2. The monoisotopic (exact) mass is 288 g/mol. The van der Waals surface area contributed by atoms with Crippen LogP contribution in [0, 0.1) is 0 Å². The predicted octanol–water partition coefficient (Wildman–Crippen LogP) is 0.0776. The first-order chi connectivity index (χ1) is 10.0. The second kappa shape index (κ2) is 4.87. The highest BCUT2D eigenvalue weighted by Gasteiger charge is 2.36. The van der Waals surface area contributed by atoms with E-state index in [1.54, 1.807) is 6.08 Å². The van der Waals surface area contributed by atoms with Gasteiger partial charge in [-0.05, 0) is 5.56 Å². The minimum Gasteiger partial charge on any atom is -0.469 e. The summed E-state index contributed by atoms with van der Waals surface area (Å²) in [6.45, 7) is 1.31. The van der Waals surface area contributed by atoms with Crippen LogP contribution in [-0.2, 0) is 22.5 Å². The molecule has 2 aliphatic rings. The Hall–Kier alpha value is -2.37. The Morgan fingerprint density at radius 3 is 3.00 bits per heavy atom. The van der Waals surface area contributed by atoms with E-state index in [0.29, 0.717) is 12.2 Å². The van der Waals surface area contributed by atoms with Gasteiger partial charge in [0.25, 0.3) is 0 Å². The van der Waals surface area contributed by atoms with Crippen LogP contribution in [0.1, 0.15) is 28.0 Å². The number of hydrogen-bond donors (Lipinski definition) is 1. The Morgan fingerprint density at radius 1 is 1.52 bits per heavy atom. The number of ketones is 1. The topological polar surface area (TPSA) is 77.3 Å². The number of carbonyl (C=O) groups excluding carboxylic acids is 2. The van der Waals surface area contributed by atoms with Gasteiger partial charge >= 0.3 is 5.97 Å². The van der Waals surface area contributed by atoms with E-state index in [2.05, 4.69) is 9.31 Å². The lowest BCUT2D eigenvalue weighted by Gasteiger charge is -2.17. The Morgan fingerprint density at radius 2 is 2.29 bits per heavy atom. The van der Waals surface area contributed by atoms with E-state index in [9.17, 15) is 9.59 Å². The van der Waals surface area contributed by atoms with Gasteiger partial charge < -0.3 is 15.0 Å². The molecule has 0 unspecified atom stereocenters. The molecule has 6 nitrogen and oxygen atoms in total. The molecule has 6 heteroatoms. The molecule has 1 aliphatic heterocycles. The molecule has 1 aromatic heterocycles. The fraction of sp³-hybridized carbons (Fsp3) is 0.400. The highest BCUT2D eigenvalue weighted by molar-refractivity contribution is 6.24. The Bertz CT molecular complexity index is 710. The molecular weight excluding hydrogens is 270 g/mol. The number of likely N-dealkylation sites (N-methyl/N-ethyl adjacent to an activating group) is 1. The van der Waals surface area contributed by atoms with Gasteiger partial charge in [0, 0.05) is 25.2 Å². The maximum atomic E-state index is 12.4. The molecule has 2 N–H and O–H groups in total. The van der Waals surface area contributed by atoms with Gasteiger partial charge in [0.2, 0.25) is 11.5 Å². The zero-order valence-corrected chi connectivity index (χ0v) is 12.2. The Balaban J connectivity index is 2.07. The van der Waals surface area contributed by atoms with E-state index in [1.807, 2.05) is 17.8 Å². The lowest BCUT2D eigenvalue weighted by molar-refractivity contribution is -0.497. The summed E-state index contributed by atoms with van der Waals surface area (Å²) in [5.41, 5.74) is 9.79. The molecule has 0 saturated heterocycles. The van der Waals surface area contributed by atoms with Crippen LogP contribution >= 0.6 is 0 Å². The minimum atomic E-state index is -0.290. The molecular formula is C15H18N3O3+. The molecule has 0 atom stereocenters. The van der Waals surface area contributed by atoms with Crippen molar-refractivity contribution in [1.82, 2.24) is 4.57 Å². The third-order valence-corrected chi connectivity index (χ3v) is 4.09. The first-order valence-electron chi connectivity index (χ1n) is 6.92. The number of hydrogen-bond acceptors (Lipinski definition) is 4. The van der Waals surface area contributed by atoms with E-state index in [-0.39, 0.29) is 23.9 Å². The summed E-state index contributed by atoms with van der Waals surface area (Å²) in [6, 6.07) is 0. The number of rotatable bonds is 3. The van der Waals surface area contributed by atoms with E-state index in [0.717, 1.165) is 29.8 Å². The number of allylic oxidation sites excluding steroid dienone is 2. The summed E-state index contributed by atoms with van der Waals surface area (Å²) in [4.78, 5) is 23.7. The number of Topliss-reactive ketones (excluding diaryl/α,β-unsaturated/α-hetero) is 1. The second-order valence-corrected chi connectivity index (χ2v) is 5.38. The zero-order valence-electron chi connectivity index (χ0n) is 12.2. The van der Waals surface area contributed by atoms with Gasteiger partial charge in [-0.3, -0.25) is 9.59 Å². The van der Waals surface area contributed by atoms with Gasteiger partial charge in [0.05, 0.1) is 24.8 Å². The molecule has 1 aliphatic carbocycles. The van der Waals surface area contributed by atoms with Gasteiger partial charge in [-0.2, -0.15) is 0 Å². The lowest BCUT2D eigenvalue weighted by atomic mass is 9.92. The number of nitrogens with two attached hydrogens (primary N) is 1. The first kappa shape index (κ1) is 13.6. The minimum absolute atomic E-state index is 0.167. The number of ether oxygens (including phenoxy) is 1. The molecule has 0 saturated carbocycles. The Labute approximate surface area is 122 Å². The maximum absolute atomic E-state index is 12.4. The van der Waals surface area contributed by atoms with Crippen molar-refractivity contribution in [2.24, 2.45) is 5.73 Å². The number of aryl methyl sites for hydroxylation is 1. The van der Waals surface area contributed by atoms with Crippen molar-refractivity contribution >= 4 is 17.5 Å². The van der Waals surface area contributed by atoms with E-state index in [4.69, 9.17) is 5.73 Å². The van der Waals surface area contributed by atoms with E-state index in [1.165, 1.54) is 7.11 Å². The van der Waals surface area contributed by atoms with Gasteiger partial charge in [0.15, 0.2) is 0 Å². The van der Waals surface area contributed by atoms with Crippen LogP contribution in [0.5, 0.6) is 0 Å². The van der Waals surface area contributed by atoms with Crippen molar-refractivity contribution < 1.29 is 18.9 Å². The molecule has 110 valence electrons. The molecule has 0 aromatic carbocycles. The summed E-state index contributed by atoms with van der Waals surface area (Å²) in [6.07, 6.45) is 4.83. The summed E-state index contributed by atoms with van der Waals surface area (Å²) in [5.74, 6) is -0.456. The van der Waals surface area contributed by atoms with Gasteiger partial charge in [-0.1, -0.05) is 0 Å². The Kier molecular flexibility index (Phi) is 3.16. The van der Waals surface area contributed by atoms with Crippen LogP contribution < -0.4 is 5.73 Å². The van der Waals surface area contributed by atoms with Crippen molar-refractivity contribution in [3.05, 3.63) is 34.8 Å². The van der Waals surface area contributed by atoms with E-state index < -0.39 is 0 Å². The predicted molar refractivity (Wildman–Crippen MR) is 76.5 cm³/mol. The highest BCUT2D eigenvalue weighted by atomic mass is 16.5. The smallest absolute Gasteiger partial charge is 0.307 e. The molecule has 0 fully saturated rings. The van der Waals surface area contributed by atoms with E-state index >= 15 is 0 Å². The van der Waals surface area contributed by atoms with Crippen molar-refractivity contribution in [3.8, 4) is 0 Å². The molecule has 2 heterocycles. The number of carbonyl (C=O) groups is 2. The molecule has 0 radical (unpaired) electrons. The fourth-order valence-corrected chi connectivity index (χ4v) is 2.95. The van der Waals surface area contributed by atoms with Gasteiger partial charge in [0.1, 0.15) is 19.3 Å². The van der Waals surface area contributed by atoms with Crippen LogP contribution in [-0.4, -0.2) is 47.3 Å². The molecule has 3 rings (SSSR count). The van der Waals surface area contributed by atoms with Crippen LogP contribution in [0.2, 0.25) is 0 Å². The van der Waals surface area contributed by atoms with Gasteiger partial charge in [-0.25, -0.2) is 4.58 Å². The van der Waals surface area contributed by atoms with Crippen molar-refractivity contribution in [3.63, 3.8) is 0 Å².